The van der Waals surface area contributed by atoms with Gasteiger partial charge in [0.1, 0.15) is 6.61 Å². The number of aryl methyl sites for hydroxylation is 2. The van der Waals surface area contributed by atoms with Crippen LogP contribution in [0.2, 0.25) is 0 Å². The average molecular weight is 269 g/mol. The SMILES string of the molecule is Cc1nc(NC(=O)COC2CCNCC2)sc1C. The smallest absolute Gasteiger partial charge is 0.252 e. The van der Waals surface area contributed by atoms with Crippen molar-refractivity contribution in [2.24, 2.45) is 0 Å². The summed E-state index contributed by atoms with van der Waals surface area (Å²) in [5.74, 6) is -0.123. The Morgan fingerprint density at radius 1 is 1.50 bits per heavy atom. The van der Waals surface area contributed by atoms with Crippen LogP contribution in [0.1, 0.15) is 23.4 Å². The van der Waals surface area contributed by atoms with Gasteiger partial charge in [0.25, 0.3) is 5.91 Å². The summed E-state index contributed by atoms with van der Waals surface area (Å²) in [6.07, 6.45) is 2.16. The maximum atomic E-state index is 11.7. The summed E-state index contributed by atoms with van der Waals surface area (Å²) in [4.78, 5) is 17.1. The minimum atomic E-state index is -0.123. The number of hydrogen-bond acceptors (Lipinski definition) is 5. The lowest BCUT2D eigenvalue weighted by Gasteiger charge is -2.22. The molecule has 18 heavy (non-hydrogen) atoms. The predicted molar refractivity (Wildman–Crippen MR) is 72.1 cm³/mol. The maximum Gasteiger partial charge on any atom is 0.252 e. The summed E-state index contributed by atoms with van der Waals surface area (Å²) < 4.78 is 5.58. The fraction of sp³-hybridized carbons (Fsp3) is 0.667. The Labute approximate surface area is 111 Å². The van der Waals surface area contributed by atoms with Crippen LogP contribution in [-0.4, -0.2) is 36.7 Å². The molecule has 0 unspecified atom stereocenters. The first-order valence-corrected chi connectivity index (χ1v) is 7.03. The number of rotatable bonds is 4. The van der Waals surface area contributed by atoms with Crippen LogP contribution in [0.3, 0.4) is 0 Å². The van der Waals surface area contributed by atoms with Crippen LogP contribution in [0.4, 0.5) is 5.13 Å². The highest BCUT2D eigenvalue weighted by atomic mass is 32.1. The van der Waals surface area contributed by atoms with Gasteiger partial charge in [-0.1, -0.05) is 0 Å². The monoisotopic (exact) mass is 269 g/mol. The number of nitrogens with one attached hydrogen (secondary N) is 2. The Morgan fingerprint density at radius 2 is 2.22 bits per heavy atom. The largest absolute Gasteiger partial charge is 0.368 e. The highest BCUT2D eigenvalue weighted by molar-refractivity contribution is 7.15. The second-order valence-corrected chi connectivity index (χ2v) is 5.67. The number of aromatic nitrogens is 1. The van der Waals surface area contributed by atoms with E-state index in [2.05, 4.69) is 15.6 Å². The average Bonchev–Trinajstić information content (AvgIpc) is 2.67. The number of hydrogen-bond donors (Lipinski definition) is 2. The third-order valence-corrected chi connectivity index (χ3v) is 4.00. The van der Waals surface area contributed by atoms with E-state index in [0.717, 1.165) is 36.5 Å². The van der Waals surface area contributed by atoms with Crippen LogP contribution < -0.4 is 10.6 Å². The van der Waals surface area contributed by atoms with Crippen molar-refractivity contribution >= 4 is 22.4 Å². The zero-order valence-corrected chi connectivity index (χ0v) is 11.6. The van der Waals surface area contributed by atoms with Gasteiger partial charge in [0, 0.05) is 4.88 Å². The van der Waals surface area contributed by atoms with Crippen molar-refractivity contribution in [2.75, 3.05) is 25.0 Å². The first kappa shape index (κ1) is 13.5. The highest BCUT2D eigenvalue weighted by Gasteiger charge is 2.15. The number of ether oxygens (including phenoxy) is 1. The summed E-state index contributed by atoms with van der Waals surface area (Å²) in [5, 5.41) is 6.69. The zero-order chi connectivity index (χ0) is 13.0. The molecule has 0 aromatic carbocycles. The van der Waals surface area contributed by atoms with Crippen molar-refractivity contribution in [3.8, 4) is 0 Å². The number of piperidine rings is 1. The highest BCUT2D eigenvalue weighted by Crippen LogP contribution is 2.20. The minimum Gasteiger partial charge on any atom is -0.368 e. The summed E-state index contributed by atoms with van der Waals surface area (Å²) in [5.41, 5.74) is 0.967. The molecule has 1 amide bonds. The maximum absolute atomic E-state index is 11.7. The molecule has 0 aliphatic carbocycles. The van der Waals surface area contributed by atoms with Gasteiger partial charge >= 0.3 is 0 Å². The van der Waals surface area contributed by atoms with E-state index in [1.165, 1.54) is 11.3 Å². The van der Waals surface area contributed by atoms with E-state index in [0.29, 0.717) is 5.13 Å². The van der Waals surface area contributed by atoms with Crippen molar-refractivity contribution < 1.29 is 9.53 Å². The quantitative estimate of drug-likeness (QED) is 0.869. The van der Waals surface area contributed by atoms with Gasteiger partial charge < -0.3 is 10.1 Å². The van der Waals surface area contributed by atoms with Gasteiger partial charge in [-0.05, 0) is 39.8 Å². The second kappa shape index (κ2) is 6.26. The molecule has 6 heteroatoms. The van der Waals surface area contributed by atoms with Gasteiger partial charge in [0.2, 0.25) is 0 Å². The summed E-state index contributed by atoms with van der Waals surface area (Å²) >= 11 is 1.50. The van der Waals surface area contributed by atoms with Crippen LogP contribution in [0.25, 0.3) is 0 Å². The van der Waals surface area contributed by atoms with E-state index in [1.807, 2.05) is 13.8 Å². The van der Waals surface area contributed by atoms with Crippen LogP contribution >= 0.6 is 11.3 Å². The molecular formula is C12H19N3O2S. The van der Waals surface area contributed by atoms with Gasteiger partial charge in [-0.3, -0.25) is 10.1 Å². The van der Waals surface area contributed by atoms with Crippen molar-refractivity contribution in [3.05, 3.63) is 10.6 Å². The molecule has 0 atom stereocenters. The van der Waals surface area contributed by atoms with Crippen LogP contribution in [0.5, 0.6) is 0 Å². The molecule has 2 N–H and O–H groups in total. The van der Waals surface area contributed by atoms with Crippen molar-refractivity contribution in [1.29, 1.82) is 0 Å². The van der Waals surface area contributed by atoms with Crippen LogP contribution in [-0.2, 0) is 9.53 Å². The molecule has 0 bridgehead atoms. The minimum absolute atomic E-state index is 0.113. The Balaban J connectivity index is 1.74. The van der Waals surface area contributed by atoms with Crippen molar-refractivity contribution in [3.63, 3.8) is 0 Å². The fourth-order valence-corrected chi connectivity index (χ4v) is 2.67. The molecule has 5 nitrogen and oxygen atoms in total. The predicted octanol–water partition coefficient (Wildman–Crippen LogP) is 1.47. The number of carbonyl (C=O) groups excluding carboxylic acids is 1. The lowest BCUT2D eigenvalue weighted by atomic mass is 10.1. The van der Waals surface area contributed by atoms with E-state index >= 15 is 0 Å². The molecule has 2 heterocycles. The van der Waals surface area contributed by atoms with Gasteiger partial charge in [0.15, 0.2) is 5.13 Å². The molecule has 1 fully saturated rings. The Hall–Kier alpha value is -0.980. The number of anilines is 1. The Kier molecular flexibility index (Phi) is 4.68. The molecule has 0 radical (unpaired) electrons. The number of amides is 1. The number of nitrogens with zero attached hydrogens (tertiary/aromatic N) is 1. The molecule has 0 spiro atoms. The molecule has 1 aromatic heterocycles. The van der Waals surface area contributed by atoms with E-state index in [1.54, 1.807) is 0 Å². The summed E-state index contributed by atoms with van der Waals surface area (Å²) in [6, 6.07) is 0. The second-order valence-electron chi connectivity index (χ2n) is 4.47. The summed E-state index contributed by atoms with van der Waals surface area (Å²) in [6.45, 7) is 5.98. The number of carbonyl (C=O) groups is 1. The molecule has 1 aromatic rings. The van der Waals surface area contributed by atoms with Gasteiger partial charge in [-0.2, -0.15) is 0 Å². The van der Waals surface area contributed by atoms with Crippen LogP contribution in [0, 0.1) is 13.8 Å². The molecule has 100 valence electrons. The normalized spacial score (nSPS) is 16.8. The molecule has 1 saturated heterocycles. The van der Waals surface area contributed by atoms with Gasteiger partial charge in [0.05, 0.1) is 11.8 Å². The van der Waals surface area contributed by atoms with Crippen LogP contribution in [0.15, 0.2) is 0 Å². The Morgan fingerprint density at radius 3 is 2.83 bits per heavy atom. The first-order valence-electron chi connectivity index (χ1n) is 6.21. The topological polar surface area (TPSA) is 63.2 Å². The lowest BCUT2D eigenvalue weighted by Crippen LogP contribution is -2.34. The lowest BCUT2D eigenvalue weighted by molar-refractivity contribution is -0.123. The van der Waals surface area contributed by atoms with E-state index in [-0.39, 0.29) is 18.6 Å². The third-order valence-electron chi connectivity index (χ3n) is 3.01. The van der Waals surface area contributed by atoms with Gasteiger partial charge in [-0.25, -0.2) is 4.98 Å². The third kappa shape index (κ3) is 3.76. The van der Waals surface area contributed by atoms with E-state index in [4.69, 9.17) is 4.74 Å². The molecule has 0 saturated carbocycles. The Bertz CT molecular complexity index is 394. The summed E-state index contributed by atoms with van der Waals surface area (Å²) in [7, 11) is 0. The first-order chi connectivity index (χ1) is 8.65. The molecule has 1 aliphatic rings. The molecule has 2 rings (SSSR count). The van der Waals surface area contributed by atoms with E-state index < -0.39 is 0 Å². The molecule has 1 aliphatic heterocycles. The molecular weight excluding hydrogens is 250 g/mol. The number of thiazole rings is 1. The van der Waals surface area contributed by atoms with Crippen molar-refractivity contribution in [1.82, 2.24) is 10.3 Å². The standard InChI is InChI=1S/C12H19N3O2S/c1-8-9(2)18-12(14-8)15-11(16)7-17-10-3-5-13-6-4-10/h10,13H,3-7H2,1-2H3,(H,14,15,16). The zero-order valence-electron chi connectivity index (χ0n) is 10.8. The van der Waals surface area contributed by atoms with Crippen molar-refractivity contribution in [2.45, 2.75) is 32.8 Å². The van der Waals surface area contributed by atoms with Gasteiger partial charge in [-0.15, -0.1) is 11.3 Å². The fourth-order valence-electron chi connectivity index (χ4n) is 1.84. The van der Waals surface area contributed by atoms with E-state index in [9.17, 15) is 4.79 Å².